The van der Waals surface area contributed by atoms with Gasteiger partial charge in [0.1, 0.15) is 0 Å². The molecule has 6 nitrogen and oxygen atoms in total. The summed E-state index contributed by atoms with van der Waals surface area (Å²) in [4.78, 5) is 15.1. The Morgan fingerprint density at radius 3 is 2.58 bits per heavy atom. The zero-order chi connectivity index (χ0) is 23.4. The SMILES string of the molecule is CCN(C)Cc1cccc(CNC(=O)c2cccc(S(=O)(=O)N3CCc4ccccc43)c2)c1. The first kappa shape index (κ1) is 23.0. The molecule has 0 aliphatic carbocycles. The van der Waals surface area contributed by atoms with Crippen LogP contribution in [0, 0.1) is 0 Å². The Hall–Kier alpha value is -3.16. The molecular formula is C26H29N3O3S. The number of nitrogens with one attached hydrogen (secondary N) is 1. The van der Waals surface area contributed by atoms with Crippen LogP contribution in [0.15, 0.2) is 77.7 Å². The van der Waals surface area contributed by atoms with Gasteiger partial charge in [0.25, 0.3) is 15.9 Å². The Balaban J connectivity index is 1.47. The van der Waals surface area contributed by atoms with Crippen LogP contribution in [0.25, 0.3) is 0 Å². The average molecular weight is 464 g/mol. The highest BCUT2D eigenvalue weighted by molar-refractivity contribution is 7.92. The molecule has 0 spiro atoms. The third-order valence-electron chi connectivity index (χ3n) is 5.97. The zero-order valence-electron chi connectivity index (χ0n) is 19.0. The van der Waals surface area contributed by atoms with E-state index in [2.05, 4.69) is 36.3 Å². The molecule has 1 amide bonds. The van der Waals surface area contributed by atoms with Gasteiger partial charge in [-0.15, -0.1) is 0 Å². The number of sulfonamides is 1. The second-order valence-electron chi connectivity index (χ2n) is 8.32. The van der Waals surface area contributed by atoms with E-state index in [0.717, 1.165) is 24.2 Å². The number of fused-ring (bicyclic) bond motifs is 1. The van der Waals surface area contributed by atoms with Crippen LogP contribution >= 0.6 is 0 Å². The molecule has 0 atom stereocenters. The molecule has 172 valence electrons. The first-order valence-electron chi connectivity index (χ1n) is 11.1. The van der Waals surface area contributed by atoms with E-state index in [-0.39, 0.29) is 10.8 Å². The van der Waals surface area contributed by atoms with Gasteiger partial charge in [-0.2, -0.15) is 0 Å². The van der Waals surface area contributed by atoms with Gasteiger partial charge in [0.2, 0.25) is 0 Å². The molecule has 1 aliphatic rings. The topological polar surface area (TPSA) is 69.7 Å². The fourth-order valence-electron chi connectivity index (χ4n) is 4.03. The Morgan fingerprint density at radius 1 is 1.00 bits per heavy atom. The van der Waals surface area contributed by atoms with Crippen LogP contribution in [0.5, 0.6) is 0 Å². The van der Waals surface area contributed by atoms with Crippen molar-refractivity contribution in [3.8, 4) is 0 Å². The highest BCUT2D eigenvalue weighted by atomic mass is 32.2. The molecule has 0 saturated carbocycles. The summed E-state index contributed by atoms with van der Waals surface area (Å²) >= 11 is 0. The van der Waals surface area contributed by atoms with Crippen LogP contribution in [0.2, 0.25) is 0 Å². The summed E-state index contributed by atoms with van der Waals surface area (Å²) in [6.45, 7) is 4.70. The van der Waals surface area contributed by atoms with Crippen LogP contribution in [0.3, 0.4) is 0 Å². The molecular weight excluding hydrogens is 434 g/mol. The lowest BCUT2D eigenvalue weighted by atomic mass is 10.1. The second-order valence-corrected chi connectivity index (χ2v) is 10.2. The van der Waals surface area contributed by atoms with Crippen molar-refractivity contribution in [2.45, 2.75) is 31.3 Å². The Labute approximate surface area is 195 Å². The molecule has 4 rings (SSSR count). The summed E-state index contributed by atoms with van der Waals surface area (Å²) in [7, 11) is -1.68. The van der Waals surface area contributed by atoms with Crippen molar-refractivity contribution in [3.63, 3.8) is 0 Å². The smallest absolute Gasteiger partial charge is 0.264 e. The molecule has 7 heteroatoms. The van der Waals surface area contributed by atoms with Crippen molar-refractivity contribution in [3.05, 3.63) is 95.1 Å². The lowest BCUT2D eigenvalue weighted by Crippen LogP contribution is -2.29. The minimum absolute atomic E-state index is 0.122. The molecule has 1 aliphatic heterocycles. The Bertz CT molecular complexity index is 1260. The van der Waals surface area contributed by atoms with E-state index in [9.17, 15) is 13.2 Å². The fraction of sp³-hybridized carbons (Fsp3) is 0.269. The summed E-state index contributed by atoms with van der Waals surface area (Å²) in [5.74, 6) is -0.301. The van der Waals surface area contributed by atoms with Crippen LogP contribution in [0.1, 0.15) is 34.0 Å². The highest BCUT2D eigenvalue weighted by Crippen LogP contribution is 2.32. The standard InChI is InChI=1S/C26H29N3O3S/c1-3-28(2)19-21-9-6-8-20(16-21)18-27-26(30)23-11-7-12-24(17-23)33(31,32)29-15-14-22-10-4-5-13-25(22)29/h4-13,16-17H,3,14-15,18-19H2,1-2H3,(H,27,30). The van der Waals surface area contributed by atoms with Gasteiger partial charge in [0, 0.05) is 25.2 Å². The zero-order valence-corrected chi connectivity index (χ0v) is 19.8. The van der Waals surface area contributed by atoms with E-state index in [4.69, 9.17) is 0 Å². The Morgan fingerprint density at radius 2 is 1.76 bits per heavy atom. The number of nitrogens with zero attached hydrogens (tertiary/aromatic N) is 2. The van der Waals surface area contributed by atoms with E-state index in [1.165, 1.54) is 15.9 Å². The predicted octanol–water partition coefficient (Wildman–Crippen LogP) is 3.82. The summed E-state index contributed by atoms with van der Waals surface area (Å²) in [5, 5.41) is 2.91. The quantitative estimate of drug-likeness (QED) is 0.551. The number of hydrogen-bond acceptors (Lipinski definition) is 4. The average Bonchev–Trinajstić information content (AvgIpc) is 3.28. The van der Waals surface area contributed by atoms with E-state index in [1.54, 1.807) is 18.2 Å². The molecule has 0 fully saturated rings. The number of amides is 1. The lowest BCUT2D eigenvalue weighted by Gasteiger charge is -2.20. The molecule has 1 N–H and O–H groups in total. The third kappa shape index (κ3) is 5.10. The Kier molecular flexibility index (Phi) is 6.81. The van der Waals surface area contributed by atoms with Gasteiger partial charge < -0.3 is 10.2 Å². The van der Waals surface area contributed by atoms with Gasteiger partial charge in [-0.05, 0) is 61.0 Å². The number of carbonyl (C=O) groups is 1. The maximum Gasteiger partial charge on any atom is 0.264 e. The van der Waals surface area contributed by atoms with E-state index in [0.29, 0.717) is 30.8 Å². The maximum atomic E-state index is 13.3. The van der Waals surface area contributed by atoms with Crippen LogP contribution in [-0.4, -0.2) is 39.4 Å². The van der Waals surface area contributed by atoms with Crippen LogP contribution < -0.4 is 9.62 Å². The summed E-state index contributed by atoms with van der Waals surface area (Å²) in [5.41, 5.74) is 4.24. The minimum Gasteiger partial charge on any atom is -0.348 e. The molecule has 33 heavy (non-hydrogen) atoms. The van der Waals surface area contributed by atoms with Crippen molar-refractivity contribution in [1.29, 1.82) is 0 Å². The highest BCUT2D eigenvalue weighted by Gasteiger charge is 2.30. The summed E-state index contributed by atoms with van der Waals surface area (Å²) in [6, 6.07) is 21.9. The van der Waals surface area contributed by atoms with Crippen LogP contribution in [0.4, 0.5) is 5.69 Å². The molecule has 0 unspecified atom stereocenters. The van der Waals surface area contributed by atoms with E-state index < -0.39 is 10.0 Å². The number of hydrogen-bond donors (Lipinski definition) is 1. The minimum atomic E-state index is -3.75. The summed E-state index contributed by atoms with van der Waals surface area (Å²) < 4.78 is 28.0. The van der Waals surface area contributed by atoms with Crippen molar-refractivity contribution < 1.29 is 13.2 Å². The molecule has 1 heterocycles. The monoisotopic (exact) mass is 463 g/mol. The van der Waals surface area contributed by atoms with E-state index in [1.807, 2.05) is 36.4 Å². The molecule has 3 aromatic rings. The van der Waals surface area contributed by atoms with Crippen molar-refractivity contribution >= 4 is 21.6 Å². The number of carbonyl (C=O) groups excluding carboxylic acids is 1. The first-order chi connectivity index (χ1) is 15.9. The largest absolute Gasteiger partial charge is 0.348 e. The molecule has 0 saturated heterocycles. The number of anilines is 1. The molecule has 0 bridgehead atoms. The second kappa shape index (κ2) is 9.77. The van der Waals surface area contributed by atoms with Gasteiger partial charge in [-0.25, -0.2) is 8.42 Å². The third-order valence-corrected chi connectivity index (χ3v) is 7.77. The van der Waals surface area contributed by atoms with Crippen molar-refractivity contribution in [1.82, 2.24) is 10.2 Å². The fourth-order valence-corrected chi connectivity index (χ4v) is 5.58. The van der Waals surface area contributed by atoms with E-state index >= 15 is 0 Å². The number of rotatable bonds is 8. The maximum absolute atomic E-state index is 13.3. The van der Waals surface area contributed by atoms with Gasteiger partial charge in [0.05, 0.1) is 10.6 Å². The van der Waals surface area contributed by atoms with Gasteiger partial charge in [0.15, 0.2) is 0 Å². The number of benzene rings is 3. The molecule has 0 radical (unpaired) electrons. The molecule has 0 aromatic heterocycles. The summed E-state index contributed by atoms with van der Waals surface area (Å²) in [6.07, 6.45) is 0.683. The van der Waals surface area contributed by atoms with Gasteiger partial charge in [-0.1, -0.05) is 55.5 Å². The van der Waals surface area contributed by atoms with Crippen molar-refractivity contribution in [2.75, 3.05) is 24.4 Å². The normalized spacial score (nSPS) is 13.2. The van der Waals surface area contributed by atoms with Crippen LogP contribution in [-0.2, 0) is 29.5 Å². The lowest BCUT2D eigenvalue weighted by molar-refractivity contribution is 0.0950. The number of para-hydroxylation sites is 1. The molecule has 3 aromatic carbocycles. The van der Waals surface area contributed by atoms with Crippen molar-refractivity contribution in [2.24, 2.45) is 0 Å². The predicted molar refractivity (Wildman–Crippen MR) is 131 cm³/mol. The van der Waals surface area contributed by atoms with Gasteiger partial charge in [-0.3, -0.25) is 9.10 Å². The first-order valence-corrected chi connectivity index (χ1v) is 12.6. The van der Waals surface area contributed by atoms with Gasteiger partial charge >= 0.3 is 0 Å².